The Morgan fingerprint density at radius 3 is 2.60 bits per heavy atom. The molecule has 2 fully saturated rings. The average molecular weight is 579 g/mol. The summed E-state index contributed by atoms with van der Waals surface area (Å²) < 4.78 is 7.38. The van der Waals surface area contributed by atoms with Crippen LogP contribution in [-0.2, 0) is 27.4 Å². The number of thioether (sulfide) groups is 1. The number of nitriles is 1. The van der Waals surface area contributed by atoms with E-state index in [0.29, 0.717) is 71.8 Å². The molecule has 4 rings (SSSR count). The molecular formula is C30H34N4O4S2. The first-order chi connectivity index (χ1) is 19.2. The Kier molecular flexibility index (Phi) is 9.48. The van der Waals surface area contributed by atoms with Crippen molar-refractivity contribution in [1.82, 2.24) is 9.47 Å². The van der Waals surface area contributed by atoms with Crippen LogP contribution in [0.4, 0.5) is 5.82 Å². The second-order valence-corrected chi connectivity index (χ2v) is 11.8. The number of ether oxygens (including phenoxy) is 1. The quantitative estimate of drug-likeness (QED) is 0.247. The molecule has 40 heavy (non-hydrogen) atoms. The number of nitrogens with zero attached hydrogens (tertiary/aromatic N) is 4. The predicted molar refractivity (Wildman–Crippen MR) is 162 cm³/mol. The largest absolute Gasteiger partial charge is 0.466 e. The molecule has 2 aliphatic rings. The molecule has 0 spiro atoms. The van der Waals surface area contributed by atoms with Crippen LogP contribution in [0.15, 0.2) is 34.0 Å². The maximum absolute atomic E-state index is 13.6. The molecule has 2 aromatic rings. The van der Waals surface area contributed by atoms with Crippen LogP contribution in [-0.4, -0.2) is 45.4 Å². The summed E-state index contributed by atoms with van der Waals surface area (Å²) in [5.74, 6) is -0.159. The van der Waals surface area contributed by atoms with Gasteiger partial charge in [-0.2, -0.15) is 5.26 Å². The molecule has 0 radical (unpaired) electrons. The van der Waals surface area contributed by atoms with Gasteiger partial charge < -0.3 is 9.64 Å². The average Bonchev–Trinajstić information content (AvgIpc) is 3.20. The molecule has 2 saturated heterocycles. The van der Waals surface area contributed by atoms with E-state index in [0.717, 1.165) is 17.5 Å². The van der Waals surface area contributed by atoms with Gasteiger partial charge in [0, 0.05) is 25.2 Å². The number of aromatic nitrogens is 1. The van der Waals surface area contributed by atoms with Gasteiger partial charge in [-0.25, -0.2) is 0 Å². The SMILES string of the molecule is CCCn1c(N2CCCC(C(=O)OCC)C2)c(/C=C2/SC(=S)N(Cc3ccc(C)cc3)C2=O)c(C)c(C#N)c1=O. The van der Waals surface area contributed by atoms with E-state index < -0.39 is 0 Å². The molecule has 10 heteroatoms. The van der Waals surface area contributed by atoms with Gasteiger partial charge in [-0.05, 0) is 57.2 Å². The van der Waals surface area contributed by atoms with E-state index in [4.69, 9.17) is 17.0 Å². The Morgan fingerprint density at radius 1 is 1.23 bits per heavy atom. The van der Waals surface area contributed by atoms with Crippen molar-refractivity contribution in [3.05, 3.63) is 67.3 Å². The standard InChI is InChI=1S/C30H34N4O4S2/c1-5-13-33-26(32-14-7-8-22(18-32)29(37)38-6-2)23(20(4)24(16-31)27(33)35)15-25-28(36)34(30(39)40-25)17-21-11-9-19(3)10-12-21/h9-12,15,22H,5-8,13-14,17-18H2,1-4H3/b25-15+. The second kappa shape index (κ2) is 12.8. The first kappa shape index (κ1) is 29.6. The molecule has 0 bridgehead atoms. The van der Waals surface area contributed by atoms with Gasteiger partial charge in [0.25, 0.3) is 11.5 Å². The van der Waals surface area contributed by atoms with Crippen molar-refractivity contribution in [3.63, 3.8) is 0 Å². The van der Waals surface area contributed by atoms with Crippen LogP contribution in [0.1, 0.15) is 60.9 Å². The number of rotatable bonds is 8. The maximum atomic E-state index is 13.6. The van der Waals surface area contributed by atoms with Crippen LogP contribution < -0.4 is 10.5 Å². The molecule has 1 unspecified atom stereocenters. The summed E-state index contributed by atoms with van der Waals surface area (Å²) >= 11 is 6.81. The zero-order valence-corrected chi connectivity index (χ0v) is 25.0. The Balaban J connectivity index is 1.80. The Morgan fingerprint density at radius 2 is 1.95 bits per heavy atom. The fraction of sp³-hybridized carbons (Fsp3) is 0.433. The van der Waals surface area contributed by atoms with E-state index in [2.05, 4.69) is 6.07 Å². The fourth-order valence-corrected chi connectivity index (χ4v) is 6.42. The van der Waals surface area contributed by atoms with Gasteiger partial charge in [0.2, 0.25) is 0 Å². The van der Waals surface area contributed by atoms with E-state index >= 15 is 0 Å². The highest BCUT2D eigenvalue weighted by atomic mass is 32.2. The van der Waals surface area contributed by atoms with Crippen molar-refractivity contribution in [1.29, 1.82) is 5.26 Å². The summed E-state index contributed by atoms with van der Waals surface area (Å²) in [7, 11) is 0. The number of carbonyl (C=O) groups is 2. The fourth-order valence-electron chi connectivity index (χ4n) is 5.18. The van der Waals surface area contributed by atoms with Crippen molar-refractivity contribution in [2.75, 3.05) is 24.6 Å². The minimum Gasteiger partial charge on any atom is -0.466 e. The lowest BCUT2D eigenvalue weighted by molar-refractivity contribution is -0.148. The predicted octanol–water partition coefficient (Wildman–Crippen LogP) is 4.93. The molecule has 1 aromatic carbocycles. The van der Waals surface area contributed by atoms with Crippen LogP contribution in [0.25, 0.3) is 6.08 Å². The Hall–Kier alpha value is -3.42. The third-order valence-corrected chi connectivity index (χ3v) is 8.62. The zero-order chi connectivity index (χ0) is 29.0. The van der Waals surface area contributed by atoms with Crippen LogP contribution in [0.5, 0.6) is 0 Å². The van der Waals surface area contributed by atoms with Gasteiger partial charge in [0.05, 0.1) is 24.0 Å². The summed E-state index contributed by atoms with van der Waals surface area (Å²) in [4.78, 5) is 43.7. The number of thiocarbonyl (C=S) groups is 1. The van der Waals surface area contributed by atoms with Crippen LogP contribution in [0, 0.1) is 31.1 Å². The van der Waals surface area contributed by atoms with E-state index in [1.807, 2.05) is 43.0 Å². The summed E-state index contributed by atoms with van der Waals surface area (Å²) in [6.07, 6.45) is 3.89. The van der Waals surface area contributed by atoms with Gasteiger partial charge in [-0.15, -0.1) is 0 Å². The highest BCUT2D eigenvalue weighted by Gasteiger charge is 2.35. The lowest BCUT2D eigenvalue weighted by atomic mass is 9.96. The van der Waals surface area contributed by atoms with Gasteiger partial charge in [0.1, 0.15) is 21.8 Å². The highest BCUT2D eigenvalue weighted by Crippen LogP contribution is 2.37. The highest BCUT2D eigenvalue weighted by molar-refractivity contribution is 8.26. The number of esters is 1. The summed E-state index contributed by atoms with van der Waals surface area (Å²) in [6.45, 7) is 9.61. The molecule has 0 aliphatic carbocycles. The molecule has 3 heterocycles. The molecule has 1 aromatic heterocycles. The minimum atomic E-state index is -0.362. The number of anilines is 1. The number of hydrogen-bond acceptors (Lipinski definition) is 8. The third-order valence-electron chi connectivity index (χ3n) is 7.24. The molecular weight excluding hydrogens is 544 g/mol. The monoisotopic (exact) mass is 578 g/mol. The lowest BCUT2D eigenvalue weighted by Crippen LogP contribution is -2.43. The minimum absolute atomic E-state index is 0.0533. The van der Waals surface area contributed by atoms with Crippen LogP contribution in [0.2, 0.25) is 0 Å². The Labute approximate surface area is 244 Å². The number of amides is 1. The Bertz CT molecular complexity index is 1460. The number of hydrogen-bond donors (Lipinski definition) is 0. The first-order valence-corrected chi connectivity index (χ1v) is 14.8. The normalized spacial score (nSPS) is 18.4. The molecule has 210 valence electrons. The summed E-state index contributed by atoms with van der Waals surface area (Å²) in [5.41, 5.74) is 2.94. The number of aryl methyl sites for hydroxylation is 1. The van der Waals surface area contributed by atoms with E-state index in [9.17, 15) is 19.6 Å². The first-order valence-electron chi connectivity index (χ1n) is 13.6. The molecule has 1 atom stereocenters. The van der Waals surface area contributed by atoms with Gasteiger partial charge in [-0.3, -0.25) is 23.9 Å². The smallest absolute Gasteiger partial charge is 0.310 e. The molecule has 0 N–H and O–H groups in total. The topological polar surface area (TPSA) is 95.6 Å². The third kappa shape index (κ3) is 6.01. The van der Waals surface area contributed by atoms with Crippen LogP contribution in [0.3, 0.4) is 0 Å². The number of pyridine rings is 1. The van der Waals surface area contributed by atoms with Crippen LogP contribution >= 0.6 is 24.0 Å². The van der Waals surface area contributed by atoms with Gasteiger partial charge >= 0.3 is 5.97 Å². The number of carbonyl (C=O) groups excluding carboxylic acids is 2. The van der Waals surface area contributed by atoms with Gasteiger partial charge in [-0.1, -0.05) is 60.7 Å². The van der Waals surface area contributed by atoms with Crippen molar-refractivity contribution in [2.24, 2.45) is 5.92 Å². The summed E-state index contributed by atoms with van der Waals surface area (Å²) in [6, 6.07) is 10.1. The van der Waals surface area contributed by atoms with Crippen molar-refractivity contribution < 1.29 is 14.3 Å². The second-order valence-electron chi connectivity index (χ2n) is 10.1. The van der Waals surface area contributed by atoms with Crippen molar-refractivity contribution in [2.45, 2.75) is 60.0 Å². The number of piperidine rings is 1. The molecule has 0 saturated carbocycles. The molecule has 2 aliphatic heterocycles. The van der Waals surface area contributed by atoms with E-state index in [1.54, 1.807) is 29.4 Å². The van der Waals surface area contributed by atoms with E-state index in [1.165, 1.54) is 11.8 Å². The maximum Gasteiger partial charge on any atom is 0.310 e. The number of benzene rings is 1. The van der Waals surface area contributed by atoms with Crippen molar-refractivity contribution >= 4 is 52.1 Å². The van der Waals surface area contributed by atoms with Crippen molar-refractivity contribution in [3.8, 4) is 6.07 Å². The van der Waals surface area contributed by atoms with Gasteiger partial charge in [0.15, 0.2) is 0 Å². The van der Waals surface area contributed by atoms with E-state index in [-0.39, 0.29) is 28.9 Å². The zero-order valence-electron chi connectivity index (χ0n) is 23.4. The lowest BCUT2D eigenvalue weighted by Gasteiger charge is -2.36. The molecule has 8 nitrogen and oxygen atoms in total. The summed E-state index contributed by atoms with van der Waals surface area (Å²) in [5, 5.41) is 9.91. The molecule has 1 amide bonds.